The Hall–Kier alpha value is -3.69. The van der Waals surface area contributed by atoms with Crippen LogP contribution in [0, 0.1) is 17.6 Å². The summed E-state index contributed by atoms with van der Waals surface area (Å²) in [6.45, 7) is 0. The summed E-state index contributed by atoms with van der Waals surface area (Å²) in [7, 11) is -6.39. The predicted molar refractivity (Wildman–Crippen MR) is 167 cm³/mol. The van der Waals surface area contributed by atoms with E-state index < -0.39 is 36.4 Å². The number of ether oxygens (including phenoxy) is 1. The van der Waals surface area contributed by atoms with Crippen LogP contribution < -0.4 is 14.8 Å². The molecule has 2 N–H and O–H groups in total. The van der Waals surface area contributed by atoms with Gasteiger partial charge in [-0.3, -0.25) is 4.72 Å². The first-order valence-electron chi connectivity index (χ1n) is 14.4. The lowest BCUT2D eigenvalue weighted by molar-refractivity contribution is -0.0274. The number of anilines is 2. The van der Waals surface area contributed by atoms with Crippen molar-refractivity contribution in [1.29, 1.82) is 0 Å². The minimum absolute atomic E-state index is 0.0406. The van der Waals surface area contributed by atoms with Crippen LogP contribution in [-0.2, 0) is 25.3 Å². The molecule has 4 aromatic rings. The van der Waals surface area contributed by atoms with Gasteiger partial charge in [-0.05, 0) is 68.4 Å². The molecule has 2 bridgehead atoms. The molecule has 10 nitrogen and oxygen atoms in total. The zero-order valence-electron chi connectivity index (χ0n) is 24.1. The average Bonchev–Trinajstić information content (AvgIpc) is 3.38. The molecule has 0 radical (unpaired) electrons. The molecule has 1 aliphatic heterocycles. The molecule has 15 heteroatoms. The van der Waals surface area contributed by atoms with Gasteiger partial charge in [0, 0.05) is 23.2 Å². The van der Waals surface area contributed by atoms with E-state index in [1.54, 1.807) is 12.3 Å². The Kier molecular flexibility index (Phi) is 7.32. The number of nitrogens with one attached hydrogen (secondary N) is 2. The molecule has 236 valence electrons. The highest BCUT2D eigenvalue weighted by atomic mass is 32.2. The van der Waals surface area contributed by atoms with E-state index in [4.69, 9.17) is 14.7 Å². The Balaban J connectivity index is 1.25. The van der Waals surface area contributed by atoms with Crippen LogP contribution in [0.1, 0.15) is 37.1 Å². The van der Waals surface area contributed by atoms with E-state index in [0.29, 0.717) is 41.0 Å². The highest BCUT2D eigenvalue weighted by molar-refractivity contribution is 7.92. The SMILES string of the molecule is COc1cccc(F)c1S(=O)(=O)Nc1cccc(-c2nc(C34CC(C3)C4)sc2-c2ccnc(NC3CCS(=O)(=O)CC3)n2)c1F. The van der Waals surface area contributed by atoms with E-state index >= 15 is 4.39 Å². The summed E-state index contributed by atoms with van der Waals surface area (Å²) in [5.41, 5.74) is 0.464. The van der Waals surface area contributed by atoms with E-state index in [1.165, 1.54) is 48.8 Å². The fraction of sp³-hybridized carbons (Fsp3) is 0.367. The first kappa shape index (κ1) is 30.0. The smallest absolute Gasteiger partial charge is 0.268 e. The highest BCUT2D eigenvalue weighted by Crippen LogP contribution is 2.66. The molecule has 4 fully saturated rings. The molecule has 2 aromatic carbocycles. The number of sulfone groups is 1. The number of rotatable bonds is 9. The second-order valence-electron chi connectivity index (χ2n) is 11.8. The largest absolute Gasteiger partial charge is 0.495 e. The lowest BCUT2D eigenvalue weighted by Crippen LogP contribution is -2.55. The number of hydrogen-bond acceptors (Lipinski definition) is 10. The zero-order chi connectivity index (χ0) is 31.6. The highest BCUT2D eigenvalue weighted by Gasteiger charge is 2.59. The second kappa shape index (κ2) is 11.0. The number of benzene rings is 2. The summed E-state index contributed by atoms with van der Waals surface area (Å²) in [5.74, 6) is -0.928. The standard InChI is InChI=1S/C30H29F2N5O5S3/c1-42-23-7-3-5-20(31)27(23)45(40,41)37-21-6-2-4-19(24(21)32)25-26(43-28(36-25)30-14-17(15-30)16-30)22-8-11-33-29(35-22)34-18-9-12-44(38,39)13-10-18/h2-8,11,17-18,37H,9-10,12-16H2,1H3,(H,33,34,35). The molecular formula is C30H29F2N5O5S3. The minimum atomic E-state index is -4.58. The molecule has 1 saturated heterocycles. The van der Waals surface area contributed by atoms with Gasteiger partial charge in [0.2, 0.25) is 5.95 Å². The van der Waals surface area contributed by atoms with Crippen LogP contribution in [0.3, 0.4) is 0 Å². The molecule has 0 unspecified atom stereocenters. The van der Waals surface area contributed by atoms with Crippen LogP contribution in [0.2, 0.25) is 0 Å². The molecule has 3 saturated carbocycles. The zero-order valence-corrected chi connectivity index (χ0v) is 26.5. The van der Waals surface area contributed by atoms with Crippen molar-refractivity contribution in [2.24, 2.45) is 5.92 Å². The Morgan fingerprint density at radius 1 is 1.02 bits per heavy atom. The third-order valence-electron chi connectivity index (χ3n) is 8.81. The summed E-state index contributed by atoms with van der Waals surface area (Å²) >= 11 is 1.43. The summed E-state index contributed by atoms with van der Waals surface area (Å²) in [6.07, 6.45) is 5.54. The van der Waals surface area contributed by atoms with Gasteiger partial charge in [0.15, 0.2) is 10.7 Å². The number of halogens is 2. The number of aromatic nitrogens is 3. The molecule has 8 rings (SSSR count). The quantitative estimate of drug-likeness (QED) is 0.239. The second-order valence-corrected chi connectivity index (χ2v) is 16.8. The van der Waals surface area contributed by atoms with Crippen molar-refractivity contribution < 1.29 is 30.4 Å². The first-order valence-corrected chi connectivity index (χ1v) is 18.5. The van der Waals surface area contributed by atoms with Crippen LogP contribution in [0.5, 0.6) is 5.75 Å². The lowest BCUT2D eigenvalue weighted by atomic mass is 9.45. The summed E-state index contributed by atoms with van der Waals surface area (Å²) in [4.78, 5) is 13.8. The van der Waals surface area contributed by atoms with Crippen LogP contribution in [-0.4, -0.2) is 56.4 Å². The summed E-state index contributed by atoms with van der Waals surface area (Å²) < 4.78 is 88.4. The number of thiazole rings is 1. The van der Waals surface area contributed by atoms with Gasteiger partial charge in [0.1, 0.15) is 26.4 Å². The molecule has 2 aromatic heterocycles. The van der Waals surface area contributed by atoms with E-state index in [-0.39, 0.29) is 40.0 Å². The van der Waals surface area contributed by atoms with Crippen molar-refractivity contribution in [2.75, 3.05) is 28.7 Å². The van der Waals surface area contributed by atoms with Crippen LogP contribution >= 0.6 is 11.3 Å². The lowest BCUT2D eigenvalue weighted by Gasteiger charge is -2.60. The molecule has 0 spiro atoms. The molecular weight excluding hydrogens is 645 g/mol. The van der Waals surface area contributed by atoms with E-state index in [2.05, 4.69) is 15.0 Å². The van der Waals surface area contributed by atoms with Crippen molar-refractivity contribution in [3.8, 4) is 27.6 Å². The van der Waals surface area contributed by atoms with Crippen LogP contribution in [0.15, 0.2) is 53.6 Å². The average molecular weight is 674 g/mol. The van der Waals surface area contributed by atoms with Gasteiger partial charge < -0.3 is 10.1 Å². The van der Waals surface area contributed by atoms with Gasteiger partial charge >= 0.3 is 0 Å². The van der Waals surface area contributed by atoms with Gasteiger partial charge in [-0.1, -0.05) is 12.1 Å². The Morgan fingerprint density at radius 2 is 1.76 bits per heavy atom. The number of methoxy groups -OCH3 is 1. The topological polar surface area (TPSA) is 140 Å². The normalized spacial score (nSPS) is 22.2. The number of sulfonamides is 1. The van der Waals surface area contributed by atoms with E-state index in [1.807, 2.05) is 0 Å². The molecule has 3 heterocycles. The molecule has 0 atom stereocenters. The summed E-state index contributed by atoms with van der Waals surface area (Å²) in [6, 6.07) is 9.49. The van der Waals surface area contributed by atoms with E-state index in [0.717, 1.165) is 30.3 Å². The van der Waals surface area contributed by atoms with Gasteiger partial charge in [0.25, 0.3) is 10.0 Å². The Morgan fingerprint density at radius 3 is 2.44 bits per heavy atom. The van der Waals surface area contributed by atoms with Gasteiger partial charge in [-0.25, -0.2) is 40.6 Å². The number of hydrogen-bond donors (Lipinski definition) is 2. The van der Waals surface area contributed by atoms with Crippen molar-refractivity contribution in [2.45, 2.75) is 48.5 Å². The Bertz CT molecular complexity index is 2010. The van der Waals surface area contributed by atoms with Crippen molar-refractivity contribution in [1.82, 2.24) is 15.0 Å². The third kappa shape index (κ3) is 5.44. The van der Waals surface area contributed by atoms with E-state index in [9.17, 15) is 21.2 Å². The van der Waals surface area contributed by atoms with Gasteiger partial charge in [0.05, 0.1) is 40.6 Å². The van der Waals surface area contributed by atoms with Crippen molar-refractivity contribution in [3.63, 3.8) is 0 Å². The minimum Gasteiger partial charge on any atom is -0.495 e. The maximum Gasteiger partial charge on any atom is 0.268 e. The predicted octanol–water partition coefficient (Wildman–Crippen LogP) is 5.40. The van der Waals surface area contributed by atoms with Crippen LogP contribution in [0.25, 0.3) is 21.8 Å². The third-order valence-corrected chi connectivity index (χ3v) is 13.3. The van der Waals surface area contributed by atoms with Crippen molar-refractivity contribution >= 4 is 42.8 Å². The molecule has 0 amide bonds. The monoisotopic (exact) mass is 673 g/mol. The van der Waals surface area contributed by atoms with Crippen LogP contribution in [0.4, 0.5) is 20.4 Å². The summed E-state index contributed by atoms with van der Waals surface area (Å²) in [5, 5.41) is 4.11. The molecule has 3 aliphatic carbocycles. The molecule has 4 aliphatic rings. The molecule has 45 heavy (non-hydrogen) atoms. The first-order chi connectivity index (χ1) is 21.5. The van der Waals surface area contributed by atoms with Crippen molar-refractivity contribution in [3.05, 3.63) is 65.3 Å². The fourth-order valence-corrected chi connectivity index (χ4v) is 10.4. The number of nitrogens with zero attached hydrogens (tertiary/aromatic N) is 3. The van der Waals surface area contributed by atoms with Gasteiger partial charge in [-0.15, -0.1) is 11.3 Å². The maximum atomic E-state index is 16.3. The Labute approximate surface area is 263 Å². The fourth-order valence-electron chi connectivity index (χ4n) is 6.32. The van der Waals surface area contributed by atoms with Gasteiger partial charge in [-0.2, -0.15) is 0 Å². The maximum absolute atomic E-state index is 16.3.